The Labute approximate surface area is 91.5 Å². The topological polar surface area (TPSA) is 64.3 Å². The number of rotatable bonds is 5. The number of hydrogen-bond acceptors (Lipinski definition) is 3. The van der Waals surface area contributed by atoms with Crippen molar-refractivity contribution in [2.24, 2.45) is 11.1 Å². The van der Waals surface area contributed by atoms with Gasteiger partial charge in [-0.1, -0.05) is 0 Å². The minimum Gasteiger partial charge on any atom is -0.377 e. The Morgan fingerprint density at radius 2 is 2.27 bits per heavy atom. The Morgan fingerprint density at radius 3 is 2.80 bits per heavy atom. The number of ether oxygens (including phenoxy) is 1. The fraction of sp³-hybridized carbons (Fsp3) is 0.909. The van der Waals surface area contributed by atoms with Crippen molar-refractivity contribution in [1.82, 2.24) is 5.32 Å². The van der Waals surface area contributed by atoms with Crippen LogP contribution in [0, 0.1) is 5.41 Å². The van der Waals surface area contributed by atoms with E-state index in [0.29, 0.717) is 12.6 Å². The van der Waals surface area contributed by atoms with Crippen LogP contribution in [0.2, 0.25) is 0 Å². The number of carbonyl (C=O) groups is 1. The van der Waals surface area contributed by atoms with Crippen LogP contribution in [0.15, 0.2) is 0 Å². The average Bonchev–Trinajstić information content (AvgIpc) is 2.19. The monoisotopic (exact) mass is 214 g/mol. The fourth-order valence-electron chi connectivity index (χ4n) is 1.60. The van der Waals surface area contributed by atoms with E-state index >= 15 is 0 Å². The maximum absolute atomic E-state index is 11.1. The second-order valence-corrected chi connectivity index (χ2v) is 4.87. The third-order valence-corrected chi connectivity index (χ3v) is 2.88. The molecule has 1 fully saturated rings. The zero-order valence-corrected chi connectivity index (χ0v) is 9.71. The van der Waals surface area contributed by atoms with Crippen LogP contribution in [-0.4, -0.2) is 31.7 Å². The van der Waals surface area contributed by atoms with E-state index < -0.39 is 5.41 Å². The predicted molar refractivity (Wildman–Crippen MR) is 59.4 cm³/mol. The third kappa shape index (κ3) is 4.18. The van der Waals surface area contributed by atoms with Crippen molar-refractivity contribution in [1.29, 1.82) is 0 Å². The lowest BCUT2D eigenvalue weighted by atomic mass is 9.92. The zero-order valence-electron chi connectivity index (χ0n) is 9.71. The normalized spacial score (nSPS) is 22.7. The van der Waals surface area contributed by atoms with Crippen LogP contribution >= 0.6 is 0 Å². The Balaban J connectivity index is 2.17. The summed E-state index contributed by atoms with van der Waals surface area (Å²) < 4.78 is 5.57. The highest BCUT2D eigenvalue weighted by Crippen LogP contribution is 2.14. The number of nitrogens with two attached hydrogens (primary N) is 1. The van der Waals surface area contributed by atoms with Gasteiger partial charge >= 0.3 is 0 Å². The smallest absolute Gasteiger partial charge is 0.224 e. The summed E-state index contributed by atoms with van der Waals surface area (Å²) in [5.41, 5.74) is 4.80. The third-order valence-electron chi connectivity index (χ3n) is 2.88. The summed E-state index contributed by atoms with van der Waals surface area (Å²) in [5.74, 6) is -0.264. The lowest BCUT2D eigenvalue weighted by Gasteiger charge is -2.26. The number of nitrogens with one attached hydrogen (secondary N) is 1. The van der Waals surface area contributed by atoms with Gasteiger partial charge in [0.25, 0.3) is 0 Å². The minimum absolute atomic E-state index is 0.264. The molecule has 1 saturated heterocycles. The van der Waals surface area contributed by atoms with Gasteiger partial charge in [-0.25, -0.2) is 0 Å². The van der Waals surface area contributed by atoms with Gasteiger partial charge in [-0.15, -0.1) is 0 Å². The SMILES string of the molecule is CC(C)(CNCC1CCCCO1)C(N)=O. The predicted octanol–water partition coefficient (Wildman–Crippen LogP) is 0.657. The summed E-state index contributed by atoms with van der Waals surface area (Å²) in [6.07, 6.45) is 3.83. The van der Waals surface area contributed by atoms with Gasteiger partial charge in [0.1, 0.15) is 0 Å². The lowest BCUT2D eigenvalue weighted by Crippen LogP contribution is -2.43. The van der Waals surface area contributed by atoms with Crippen molar-refractivity contribution in [3.63, 3.8) is 0 Å². The highest BCUT2D eigenvalue weighted by Gasteiger charge is 2.24. The first-order chi connectivity index (χ1) is 7.02. The molecule has 0 aromatic heterocycles. The molecule has 3 N–H and O–H groups in total. The van der Waals surface area contributed by atoms with E-state index in [0.717, 1.165) is 19.6 Å². The number of carbonyl (C=O) groups excluding carboxylic acids is 1. The van der Waals surface area contributed by atoms with Gasteiger partial charge in [-0.05, 0) is 33.1 Å². The minimum atomic E-state index is -0.478. The first-order valence-corrected chi connectivity index (χ1v) is 5.64. The molecule has 1 unspecified atom stereocenters. The van der Waals surface area contributed by atoms with E-state index in [1.165, 1.54) is 12.8 Å². The molecule has 4 heteroatoms. The molecular formula is C11H22N2O2. The molecule has 0 aliphatic carbocycles. The van der Waals surface area contributed by atoms with Crippen LogP contribution in [0.4, 0.5) is 0 Å². The number of amides is 1. The maximum Gasteiger partial charge on any atom is 0.224 e. The Kier molecular flexibility index (Phi) is 4.54. The van der Waals surface area contributed by atoms with Crippen LogP contribution in [0.5, 0.6) is 0 Å². The molecule has 0 saturated carbocycles. The molecule has 0 bridgehead atoms. The first-order valence-electron chi connectivity index (χ1n) is 5.64. The standard InChI is InChI=1S/C11H22N2O2/c1-11(2,10(12)14)8-13-7-9-5-3-4-6-15-9/h9,13H,3-8H2,1-2H3,(H2,12,14). The Morgan fingerprint density at radius 1 is 1.53 bits per heavy atom. The van der Waals surface area contributed by atoms with E-state index in [9.17, 15) is 4.79 Å². The summed E-state index contributed by atoms with van der Waals surface area (Å²) in [7, 11) is 0. The van der Waals surface area contributed by atoms with Gasteiger partial charge in [0, 0.05) is 19.7 Å². The van der Waals surface area contributed by atoms with E-state index in [1.807, 2.05) is 13.8 Å². The molecule has 1 amide bonds. The van der Waals surface area contributed by atoms with Crippen LogP contribution in [0.1, 0.15) is 33.1 Å². The fourth-order valence-corrected chi connectivity index (χ4v) is 1.60. The van der Waals surface area contributed by atoms with Crippen molar-refractivity contribution >= 4 is 5.91 Å². The Hall–Kier alpha value is -0.610. The summed E-state index contributed by atoms with van der Waals surface area (Å²) in [6, 6.07) is 0. The molecule has 1 heterocycles. The molecule has 4 nitrogen and oxygen atoms in total. The quantitative estimate of drug-likeness (QED) is 0.706. The molecule has 1 rings (SSSR count). The van der Waals surface area contributed by atoms with Crippen molar-refractivity contribution in [3.05, 3.63) is 0 Å². The summed E-state index contributed by atoms with van der Waals surface area (Å²) in [5, 5.41) is 3.25. The number of primary amides is 1. The second-order valence-electron chi connectivity index (χ2n) is 4.87. The van der Waals surface area contributed by atoms with E-state index in [-0.39, 0.29) is 5.91 Å². The molecule has 0 aromatic carbocycles. The summed E-state index contributed by atoms with van der Waals surface area (Å²) in [4.78, 5) is 11.1. The van der Waals surface area contributed by atoms with Gasteiger partial charge < -0.3 is 15.8 Å². The van der Waals surface area contributed by atoms with Crippen LogP contribution in [0.25, 0.3) is 0 Å². The summed E-state index contributed by atoms with van der Waals surface area (Å²) in [6.45, 7) is 6.00. The molecule has 0 aromatic rings. The largest absolute Gasteiger partial charge is 0.377 e. The molecule has 0 radical (unpaired) electrons. The van der Waals surface area contributed by atoms with E-state index in [2.05, 4.69) is 5.32 Å². The average molecular weight is 214 g/mol. The van der Waals surface area contributed by atoms with E-state index in [4.69, 9.17) is 10.5 Å². The van der Waals surface area contributed by atoms with Crippen LogP contribution in [-0.2, 0) is 9.53 Å². The van der Waals surface area contributed by atoms with Gasteiger partial charge in [0.2, 0.25) is 5.91 Å². The van der Waals surface area contributed by atoms with Crippen molar-refractivity contribution < 1.29 is 9.53 Å². The zero-order chi connectivity index (χ0) is 11.3. The number of hydrogen-bond donors (Lipinski definition) is 2. The van der Waals surface area contributed by atoms with Crippen LogP contribution in [0.3, 0.4) is 0 Å². The Bertz CT molecular complexity index is 211. The van der Waals surface area contributed by atoms with Gasteiger partial charge in [0.15, 0.2) is 0 Å². The van der Waals surface area contributed by atoms with Crippen LogP contribution < -0.4 is 11.1 Å². The van der Waals surface area contributed by atoms with Gasteiger partial charge in [-0.2, -0.15) is 0 Å². The molecule has 1 aliphatic heterocycles. The summed E-state index contributed by atoms with van der Waals surface area (Å²) >= 11 is 0. The first kappa shape index (κ1) is 12.5. The molecule has 0 spiro atoms. The highest BCUT2D eigenvalue weighted by molar-refractivity contribution is 5.80. The molecule has 15 heavy (non-hydrogen) atoms. The second kappa shape index (κ2) is 5.47. The van der Waals surface area contributed by atoms with E-state index in [1.54, 1.807) is 0 Å². The van der Waals surface area contributed by atoms with Crippen molar-refractivity contribution in [2.45, 2.75) is 39.2 Å². The lowest BCUT2D eigenvalue weighted by molar-refractivity contribution is -0.125. The van der Waals surface area contributed by atoms with Gasteiger partial charge in [-0.3, -0.25) is 4.79 Å². The molecule has 1 atom stereocenters. The molecule has 88 valence electrons. The molecule has 1 aliphatic rings. The van der Waals surface area contributed by atoms with Crippen molar-refractivity contribution in [2.75, 3.05) is 19.7 Å². The maximum atomic E-state index is 11.1. The molecular weight excluding hydrogens is 192 g/mol. The highest BCUT2D eigenvalue weighted by atomic mass is 16.5. The van der Waals surface area contributed by atoms with Gasteiger partial charge in [0.05, 0.1) is 11.5 Å². The van der Waals surface area contributed by atoms with Crippen molar-refractivity contribution in [3.8, 4) is 0 Å².